The number of ether oxygens (including phenoxy) is 2. The molecule has 0 fully saturated rings. The molecule has 0 radical (unpaired) electrons. The van der Waals surface area contributed by atoms with Gasteiger partial charge < -0.3 is 14.6 Å². The Balaban J connectivity index is 3.31. The molecule has 0 saturated heterocycles. The van der Waals surface area contributed by atoms with Crippen molar-refractivity contribution in [3.63, 3.8) is 0 Å². The van der Waals surface area contributed by atoms with Crippen LogP contribution in [-0.2, 0) is 0 Å². The van der Waals surface area contributed by atoms with Crippen molar-refractivity contribution >= 4 is 0 Å². The highest BCUT2D eigenvalue weighted by atomic mass is 19.3. The Bertz CT molecular complexity index is 331. The van der Waals surface area contributed by atoms with Gasteiger partial charge in [-0.2, -0.15) is 0 Å². The van der Waals surface area contributed by atoms with E-state index in [2.05, 4.69) is 14.5 Å². The molecule has 0 spiro atoms. The number of pyridine rings is 1. The number of aromatic nitrogens is 1. The molecule has 14 heavy (non-hydrogen) atoms. The molecule has 0 bridgehead atoms. The molecule has 6 heteroatoms. The molecule has 0 amide bonds. The summed E-state index contributed by atoms with van der Waals surface area (Å²) in [7, 11) is 2.44. The first-order valence-electron chi connectivity index (χ1n) is 3.69. The Hall–Kier alpha value is -1.59. The molecular weight excluding hydrogens is 196 g/mol. The van der Waals surface area contributed by atoms with E-state index in [9.17, 15) is 13.9 Å². The third-order valence-electron chi connectivity index (χ3n) is 1.65. The van der Waals surface area contributed by atoms with Crippen molar-refractivity contribution in [1.29, 1.82) is 0 Å². The predicted octanol–water partition coefficient (Wildman–Crippen LogP) is 1.74. The maximum Gasteiger partial charge on any atom is 0.271 e. The number of nitrogens with zero attached hydrogens (tertiary/aromatic N) is 1. The Morgan fingerprint density at radius 2 is 2.00 bits per heavy atom. The van der Waals surface area contributed by atoms with Gasteiger partial charge >= 0.3 is 0 Å². The first-order chi connectivity index (χ1) is 6.61. The SMILES string of the molecule is COc1cnc(OC)c(O)c1C(F)F. The predicted molar refractivity (Wildman–Crippen MR) is 44.0 cm³/mol. The lowest BCUT2D eigenvalue weighted by Gasteiger charge is -2.11. The number of rotatable bonds is 3. The fraction of sp³-hybridized carbons (Fsp3) is 0.375. The monoisotopic (exact) mass is 205 g/mol. The fourth-order valence-corrected chi connectivity index (χ4v) is 1.00. The molecule has 1 rings (SSSR count). The van der Waals surface area contributed by atoms with Crippen LogP contribution >= 0.6 is 0 Å². The number of hydrogen-bond donors (Lipinski definition) is 1. The van der Waals surface area contributed by atoms with Crippen LogP contribution in [0.5, 0.6) is 17.4 Å². The molecule has 0 aliphatic carbocycles. The number of methoxy groups -OCH3 is 2. The summed E-state index contributed by atoms with van der Waals surface area (Å²) in [6, 6.07) is 0. The van der Waals surface area contributed by atoms with Crippen molar-refractivity contribution in [2.75, 3.05) is 14.2 Å². The van der Waals surface area contributed by atoms with Gasteiger partial charge in [-0.05, 0) is 0 Å². The van der Waals surface area contributed by atoms with E-state index in [1.807, 2.05) is 0 Å². The van der Waals surface area contributed by atoms with Crippen LogP contribution in [0.25, 0.3) is 0 Å². The lowest BCUT2D eigenvalue weighted by molar-refractivity contribution is 0.141. The zero-order valence-electron chi connectivity index (χ0n) is 7.62. The number of halogens is 2. The van der Waals surface area contributed by atoms with E-state index in [1.165, 1.54) is 14.2 Å². The van der Waals surface area contributed by atoms with Crippen LogP contribution in [0.2, 0.25) is 0 Å². The Labute approximate surface area is 79.1 Å². The van der Waals surface area contributed by atoms with E-state index in [-0.39, 0.29) is 11.6 Å². The molecule has 78 valence electrons. The Kier molecular flexibility index (Phi) is 3.06. The van der Waals surface area contributed by atoms with Gasteiger partial charge in [0.05, 0.1) is 20.4 Å². The first-order valence-corrected chi connectivity index (χ1v) is 3.69. The van der Waals surface area contributed by atoms with Crippen LogP contribution in [-0.4, -0.2) is 24.3 Å². The van der Waals surface area contributed by atoms with E-state index < -0.39 is 17.7 Å². The molecule has 0 saturated carbocycles. The molecule has 1 aromatic rings. The van der Waals surface area contributed by atoms with Crippen LogP contribution in [0, 0.1) is 0 Å². The second kappa shape index (κ2) is 4.08. The maximum absolute atomic E-state index is 12.5. The second-order valence-electron chi connectivity index (χ2n) is 2.40. The third kappa shape index (κ3) is 1.68. The van der Waals surface area contributed by atoms with Gasteiger partial charge in [0, 0.05) is 0 Å². The average Bonchev–Trinajstić information content (AvgIpc) is 2.16. The summed E-state index contributed by atoms with van der Waals surface area (Å²) in [4.78, 5) is 3.58. The van der Waals surface area contributed by atoms with E-state index >= 15 is 0 Å². The summed E-state index contributed by atoms with van der Waals surface area (Å²) in [6.07, 6.45) is -1.78. The molecule has 0 aliphatic heterocycles. The van der Waals surface area contributed by atoms with Gasteiger partial charge in [0.1, 0.15) is 11.3 Å². The minimum absolute atomic E-state index is 0.168. The summed E-state index contributed by atoms with van der Waals surface area (Å²) in [5.74, 6) is -1.11. The van der Waals surface area contributed by atoms with E-state index in [4.69, 9.17) is 0 Å². The van der Waals surface area contributed by atoms with Gasteiger partial charge in [0.25, 0.3) is 12.3 Å². The fourth-order valence-electron chi connectivity index (χ4n) is 1.00. The van der Waals surface area contributed by atoms with Crippen LogP contribution < -0.4 is 9.47 Å². The van der Waals surface area contributed by atoms with Gasteiger partial charge in [-0.3, -0.25) is 0 Å². The maximum atomic E-state index is 12.5. The highest BCUT2D eigenvalue weighted by Gasteiger charge is 2.23. The molecular formula is C8H9F2NO3. The molecule has 0 unspecified atom stereocenters. The van der Waals surface area contributed by atoms with Crippen LogP contribution in [0.3, 0.4) is 0 Å². The minimum atomic E-state index is -2.85. The third-order valence-corrected chi connectivity index (χ3v) is 1.65. The molecule has 4 nitrogen and oxygen atoms in total. The van der Waals surface area contributed by atoms with Crippen molar-refractivity contribution in [2.24, 2.45) is 0 Å². The molecule has 1 aromatic heterocycles. The van der Waals surface area contributed by atoms with Crippen molar-refractivity contribution in [3.05, 3.63) is 11.8 Å². The lowest BCUT2D eigenvalue weighted by atomic mass is 10.2. The van der Waals surface area contributed by atoms with Gasteiger partial charge in [-0.15, -0.1) is 0 Å². The Morgan fingerprint density at radius 1 is 1.36 bits per heavy atom. The van der Waals surface area contributed by atoms with Crippen molar-refractivity contribution in [1.82, 2.24) is 4.98 Å². The lowest BCUT2D eigenvalue weighted by Crippen LogP contribution is -1.97. The van der Waals surface area contributed by atoms with Crippen LogP contribution in [0.4, 0.5) is 8.78 Å². The highest BCUT2D eigenvalue weighted by Crippen LogP contribution is 2.40. The van der Waals surface area contributed by atoms with Gasteiger partial charge in [0.2, 0.25) is 0 Å². The summed E-state index contributed by atoms with van der Waals surface area (Å²) < 4.78 is 34.2. The zero-order valence-corrected chi connectivity index (χ0v) is 7.62. The number of alkyl halides is 2. The zero-order chi connectivity index (χ0) is 10.7. The average molecular weight is 205 g/mol. The quantitative estimate of drug-likeness (QED) is 0.816. The summed E-state index contributed by atoms with van der Waals surface area (Å²) in [5, 5.41) is 9.32. The normalized spacial score (nSPS) is 10.4. The van der Waals surface area contributed by atoms with E-state index in [1.54, 1.807) is 0 Å². The standard InChI is InChI=1S/C8H9F2NO3/c1-13-4-3-11-8(14-2)6(12)5(4)7(9)10/h3,7,12H,1-2H3. The number of hydrogen-bond acceptors (Lipinski definition) is 4. The first kappa shape index (κ1) is 10.5. The highest BCUT2D eigenvalue weighted by molar-refractivity contribution is 5.48. The van der Waals surface area contributed by atoms with E-state index in [0.29, 0.717) is 0 Å². The van der Waals surface area contributed by atoms with Crippen LogP contribution in [0.1, 0.15) is 12.0 Å². The summed E-state index contributed by atoms with van der Waals surface area (Å²) in [5.41, 5.74) is -0.612. The Morgan fingerprint density at radius 3 is 2.43 bits per heavy atom. The van der Waals surface area contributed by atoms with Crippen LogP contribution in [0.15, 0.2) is 6.20 Å². The van der Waals surface area contributed by atoms with Crippen molar-refractivity contribution in [2.45, 2.75) is 6.43 Å². The molecule has 1 N–H and O–H groups in total. The summed E-state index contributed by atoms with van der Waals surface area (Å²) >= 11 is 0. The van der Waals surface area contributed by atoms with Crippen molar-refractivity contribution < 1.29 is 23.4 Å². The summed E-state index contributed by atoms with van der Waals surface area (Å²) in [6.45, 7) is 0. The van der Waals surface area contributed by atoms with Crippen molar-refractivity contribution in [3.8, 4) is 17.4 Å². The van der Waals surface area contributed by atoms with E-state index in [0.717, 1.165) is 6.20 Å². The molecule has 1 heterocycles. The molecule has 0 aromatic carbocycles. The molecule has 0 atom stereocenters. The van der Waals surface area contributed by atoms with Gasteiger partial charge in [-0.25, -0.2) is 13.8 Å². The minimum Gasteiger partial charge on any atom is -0.503 e. The largest absolute Gasteiger partial charge is 0.503 e. The topological polar surface area (TPSA) is 51.6 Å². The van der Waals surface area contributed by atoms with Gasteiger partial charge in [0.15, 0.2) is 5.75 Å². The van der Waals surface area contributed by atoms with Gasteiger partial charge in [-0.1, -0.05) is 0 Å². The second-order valence-corrected chi connectivity index (χ2v) is 2.40. The smallest absolute Gasteiger partial charge is 0.271 e. The number of aromatic hydroxyl groups is 1. The molecule has 0 aliphatic rings.